The van der Waals surface area contributed by atoms with Crippen LogP contribution in [0.2, 0.25) is 0 Å². The Morgan fingerprint density at radius 3 is 2.53 bits per heavy atom. The maximum Gasteiger partial charge on any atom is 0.0930 e. The van der Waals surface area contributed by atoms with Crippen molar-refractivity contribution in [3.63, 3.8) is 0 Å². The van der Waals surface area contributed by atoms with E-state index in [4.69, 9.17) is 0 Å². The van der Waals surface area contributed by atoms with Gasteiger partial charge in [0.1, 0.15) is 0 Å². The van der Waals surface area contributed by atoms with Gasteiger partial charge in [0.05, 0.1) is 11.4 Å². The molecule has 0 bridgehead atoms. The summed E-state index contributed by atoms with van der Waals surface area (Å²) < 4.78 is 4.92. The number of nitrogens with one attached hydrogen (secondary N) is 1. The molecule has 0 atom stereocenters. The second-order valence-corrected chi connectivity index (χ2v) is 7.25. The SMILES string of the molecule is Brc1cc(Br)c(-n2ccc(CNC3CC3)n2)c(Br)c1. The van der Waals surface area contributed by atoms with Crippen LogP contribution in [0.4, 0.5) is 0 Å². The molecule has 2 aromatic rings. The lowest BCUT2D eigenvalue weighted by molar-refractivity contribution is 0.664. The molecule has 1 N–H and O–H groups in total. The molecule has 1 aromatic heterocycles. The Morgan fingerprint density at radius 2 is 1.89 bits per heavy atom. The van der Waals surface area contributed by atoms with Crippen molar-refractivity contribution in [3.8, 4) is 5.69 Å². The van der Waals surface area contributed by atoms with Gasteiger partial charge in [0, 0.05) is 32.2 Å². The highest BCUT2D eigenvalue weighted by atomic mass is 79.9. The highest BCUT2D eigenvalue weighted by molar-refractivity contribution is 9.11. The van der Waals surface area contributed by atoms with Gasteiger partial charge in [-0.2, -0.15) is 5.10 Å². The maximum atomic E-state index is 4.61. The largest absolute Gasteiger partial charge is 0.308 e. The van der Waals surface area contributed by atoms with E-state index in [1.165, 1.54) is 12.8 Å². The van der Waals surface area contributed by atoms with Crippen LogP contribution >= 0.6 is 47.8 Å². The Balaban J connectivity index is 1.85. The van der Waals surface area contributed by atoms with Crippen molar-refractivity contribution in [2.24, 2.45) is 0 Å². The third kappa shape index (κ3) is 3.29. The van der Waals surface area contributed by atoms with Crippen molar-refractivity contribution in [3.05, 3.63) is 43.5 Å². The standard InChI is InChI=1S/C13H12Br3N3/c14-8-5-11(15)13(12(16)6-8)19-4-3-10(18-19)7-17-9-1-2-9/h3-6,9,17H,1-2,7H2. The van der Waals surface area contributed by atoms with Gasteiger partial charge in [-0.3, -0.25) is 0 Å². The zero-order valence-electron chi connectivity index (χ0n) is 10.0. The summed E-state index contributed by atoms with van der Waals surface area (Å²) in [5, 5.41) is 8.08. The minimum atomic E-state index is 0.705. The molecular weight excluding hydrogens is 438 g/mol. The number of benzene rings is 1. The van der Waals surface area contributed by atoms with Crippen LogP contribution in [0.3, 0.4) is 0 Å². The van der Waals surface area contributed by atoms with Crippen LogP contribution in [0, 0.1) is 0 Å². The molecule has 100 valence electrons. The van der Waals surface area contributed by atoms with Crippen molar-refractivity contribution in [1.82, 2.24) is 15.1 Å². The van der Waals surface area contributed by atoms with E-state index >= 15 is 0 Å². The van der Waals surface area contributed by atoms with Crippen LogP contribution < -0.4 is 5.32 Å². The van der Waals surface area contributed by atoms with Gasteiger partial charge in [-0.15, -0.1) is 0 Å². The fourth-order valence-corrected chi connectivity index (χ4v) is 4.49. The number of hydrogen-bond donors (Lipinski definition) is 1. The van der Waals surface area contributed by atoms with Crippen LogP contribution in [-0.2, 0) is 6.54 Å². The van der Waals surface area contributed by atoms with Crippen molar-refractivity contribution in [1.29, 1.82) is 0 Å². The van der Waals surface area contributed by atoms with Gasteiger partial charge < -0.3 is 5.32 Å². The molecule has 0 amide bonds. The summed E-state index contributed by atoms with van der Waals surface area (Å²) in [6.07, 6.45) is 4.58. The van der Waals surface area contributed by atoms with Gasteiger partial charge in [0.25, 0.3) is 0 Å². The predicted octanol–water partition coefficient (Wildman–Crippen LogP) is 4.41. The van der Waals surface area contributed by atoms with Crippen LogP contribution in [0.15, 0.2) is 37.8 Å². The number of aromatic nitrogens is 2. The van der Waals surface area contributed by atoms with Crippen molar-refractivity contribution in [2.45, 2.75) is 25.4 Å². The fourth-order valence-electron chi connectivity index (χ4n) is 1.87. The van der Waals surface area contributed by atoms with Gasteiger partial charge in [0.15, 0.2) is 0 Å². The van der Waals surface area contributed by atoms with Gasteiger partial charge >= 0.3 is 0 Å². The van der Waals surface area contributed by atoms with E-state index in [0.717, 1.165) is 31.3 Å². The molecular formula is C13H12Br3N3. The first-order valence-electron chi connectivity index (χ1n) is 6.06. The molecule has 1 aromatic carbocycles. The summed E-state index contributed by atoms with van der Waals surface area (Å²) in [7, 11) is 0. The average Bonchev–Trinajstić information content (AvgIpc) is 3.05. The summed E-state index contributed by atoms with van der Waals surface area (Å²) in [5.74, 6) is 0. The van der Waals surface area contributed by atoms with Gasteiger partial charge in [-0.05, 0) is 62.9 Å². The van der Waals surface area contributed by atoms with Crippen LogP contribution in [0.1, 0.15) is 18.5 Å². The van der Waals surface area contributed by atoms with E-state index < -0.39 is 0 Å². The molecule has 1 aliphatic carbocycles. The zero-order valence-corrected chi connectivity index (χ0v) is 14.8. The Labute approximate surface area is 137 Å². The van der Waals surface area contributed by atoms with Crippen LogP contribution in [-0.4, -0.2) is 15.8 Å². The minimum Gasteiger partial charge on any atom is -0.308 e. The van der Waals surface area contributed by atoms with Gasteiger partial charge in [-0.1, -0.05) is 15.9 Å². The minimum absolute atomic E-state index is 0.705. The highest BCUT2D eigenvalue weighted by Gasteiger charge is 2.20. The third-order valence-corrected chi connectivity index (χ3v) is 4.67. The van der Waals surface area contributed by atoms with E-state index in [2.05, 4.69) is 64.3 Å². The number of halogens is 3. The van der Waals surface area contributed by atoms with Crippen molar-refractivity contribution >= 4 is 47.8 Å². The normalized spacial score (nSPS) is 14.9. The van der Waals surface area contributed by atoms with Crippen LogP contribution in [0.25, 0.3) is 5.69 Å². The van der Waals surface area contributed by atoms with E-state index in [0.29, 0.717) is 6.04 Å². The lowest BCUT2D eigenvalue weighted by Crippen LogP contribution is -2.15. The lowest BCUT2D eigenvalue weighted by atomic mass is 10.3. The first-order chi connectivity index (χ1) is 9.13. The Kier molecular flexibility index (Phi) is 4.12. The second-order valence-electron chi connectivity index (χ2n) is 4.62. The number of nitrogens with zero attached hydrogens (tertiary/aromatic N) is 2. The Morgan fingerprint density at radius 1 is 1.21 bits per heavy atom. The highest BCUT2D eigenvalue weighted by Crippen LogP contribution is 2.32. The summed E-state index contributed by atoms with van der Waals surface area (Å²) in [4.78, 5) is 0. The maximum absolute atomic E-state index is 4.61. The van der Waals surface area contributed by atoms with E-state index in [-0.39, 0.29) is 0 Å². The van der Waals surface area contributed by atoms with Crippen molar-refractivity contribution < 1.29 is 0 Å². The summed E-state index contributed by atoms with van der Waals surface area (Å²) in [5.41, 5.74) is 2.08. The Bertz CT molecular complexity index is 582. The quantitative estimate of drug-likeness (QED) is 0.749. The average molecular weight is 450 g/mol. The van der Waals surface area contributed by atoms with E-state index in [1.54, 1.807) is 0 Å². The number of hydrogen-bond acceptors (Lipinski definition) is 2. The molecule has 0 radical (unpaired) electrons. The molecule has 1 heterocycles. The molecule has 0 spiro atoms. The molecule has 3 nitrogen and oxygen atoms in total. The topological polar surface area (TPSA) is 29.9 Å². The monoisotopic (exact) mass is 447 g/mol. The molecule has 1 saturated carbocycles. The fraction of sp³-hybridized carbons (Fsp3) is 0.308. The molecule has 1 aliphatic rings. The van der Waals surface area contributed by atoms with Crippen LogP contribution in [0.5, 0.6) is 0 Å². The first-order valence-corrected chi connectivity index (χ1v) is 8.44. The molecule has 3 rings (SSSR count). The predicted molar refractivity (Wildman–Crippen MR) is 86.5 cm³/mol. The van der Waals surface area contributed by atoms with Gasteiger partial charge in [0.2, 0.25) is 0 Å². The molecule has 6 heteroatoms. The summed E-state index contributed by atoms with van der Waals surface area (Å²) in [6.45, 7) is 0.837. The molecule has 1 fully saturated rings. The zero-order chi connectivity index (χ0) is 13.4. The second kappa shape index (κ2) is 5.68. The van der Waals surface area contributed by atoms with Gasteiger partial charge in [-0.25, -0.2) is 4.68 Å². The third-order valence-electron chi connectivity index (χ3n) is 3.00. The molecule has 0 unspecified atom stereocenters. The summed E-state index contributed by atoms with van der Waals surface area (Å²) >= 11 is 10.6. The number of rotatable bonds is 4. The van der Waals surface area contributed by atoms with E-state index in [1.807, 2.05) is 23.0 Å². The lowest BCUT2D eigenvalue weighted by Gasteiger charge is -2.08. The molecule has 0 aliphatic heterocycles. The summed E-state index contributed by atoms with van der Waals surface area (Å²) in [6, 6.07) is 6.79. The first kappa shape index (κ1) is 13.8. The smallest absolute Gasteiger partial charge is 0.0930 e. The van der Waals surface area contributed by atoms with Crippen molar-refractivity contribution in [2.75, 3.05) is 0 Å². The Hall–Kier alpha value is -0.170. The molecule has 0 saturated heterocycles. The molecule has 19 heavy (non-hydrogen) atoms. The van der Waals surface area contributed by atoms with E-state index in [9.17, 15) is 0 Å².